The van der Waals surface area contributed by atoms with E-state index in [9.17, 15) is 0 Å². The molecule has 1 atom stereocenters. The third-order valence-electron chi connectivity index (χ3n) is 3.70. The van der Waals surface area contributed by atoms with Gasteiger partial charge in [0.2, 0.25) is 0 Å². The van der Waals surface area contributed by atoms with Crippen molar-refractivity contribution in [3.05, 3.63) is 35.4 Å². The van der Waals surface area contributed by atoms with Crippen LogP contribution in [0.25, 0.3) is 6.08 Å². The Bertz CT molecular complexity index is 421. The smallest absolute Gasteiger partial charge is 0.0487 e. The Morgan fingerprint density at radius 2 is 2.06 bits per heavy atom. The molecule has 0 aromatic heterocycles. The van der Waals surface area contributed by atoms with E-state index in [-0.39, 0.29) is 5.54 Å². The highest BCUT2D eigenvalue weighted by Gasteiger charge is 2.33. The van der Waals surface area contributed by atoms with Gasteiger partial charge in [0.15, 0.2) is 0 Å². The van der Waals surface area contributed by atoms with Crippen molar-refractivity contribution < 1.29 is 0 Å². The van der Waals surface area contributed by atoms with Gasteiger partial charge in [0, 0.05) is 23.8 Å². The maximum atomic E-state index is 3.30. The first kappa shape index (κ1) is 11.2. The summed E-state index contributed by atoms with van der Waals surface area (Å²) >= 11 is 0. The van der Waals surface area contributed by atoms with E-state index >= 15 is 0 Å². The van der Waals surface area contributed by atoms with Gasteiger partial charge >= 0.3 is 0 Å². The Morgan fingerprint density at radius 3 is 2.69 bits per heavy atom. The summed E-state index contributed by atoms with van der Waals surface area (Å²) in [5, 5.41) is 3.30. The Balaban J connectivity index is 2.65. The highest BCUT2D eigenvalue weighted by molar-refractivity contribution is 5.69. The summed E-state index contributed by atoms with van der Waals surface area (Å²) in [4.78, 5) is 2.30. The highest BCUT2D eigenvalue weighted by Crippen LogP contribution is 2.41. The van der Waals surface area contributed by atoms with Crippen LogP contribution in [0.1, 0.15) is 24.5 Å². The van der Waals surface area contributed by atoms with Crippen LogP contribution in [-0.2, 0) is 5.54 Å². The first-order chi connectivity index (χ1) is 7.59. The van der Waals surface area contributed by atoms with Gasteiger partial charge in [-0.15, -0.1) is 0 Å². The van der Waals surface area contributed by atoms with Gasteiger partial charge in [0.05, 0.1) is 0 Å². The fraction of sp³-hybridized carbons (Fsp3) is 0.429. The van der Waals surface area contributed by atoms with Crippen molar-refractivity contribution in [2.24, 2.45) is 0 Å². The lowest BCUT2D eigenvalue weighted by Crippen LogP contribution is -2.40. The van der Waals surface area contributed by atoms with Gasteiger partial charge < -0.3 is 5.32 Å². The monoisotopic (exact) mass is 216 g/mol. The van der Waals surface area contributed by atoms with E-state index in [0.717, 1.165) is 6.42 Å². The first-order valence-corrected chi connectivity index (χ1v) is 5.75. The molecule has 0 radical (unpaired) electrons. The van der Waals surface area contributed by atoms with Gasteiger partial charge in [-0.1, -0.05) is 24.3 Å². The SMILES string of the molecule is CNc1cccc2c1C(C)(N(C)C)CC=C2. The average Bonchev–Trinajstić information content (AvgIpc) is 2.28. The van der Waals surface area contributed by atoms with Gasteiger partial charge in [-0.2, -0.15) is 0 Å². The summed E-state index contributed by atoms with van der Waals surface area (Å²) in [6.45, 7) is 2.30. The number of nitrogens with one attached hydrogen (secondary N) is 1. The van der Waals surface area contributed by atoms with Crippen LogP contribution in [0.5, 0.6) is 0 Å². The van der Waals surface area contributed by atoms with Crippen molar-refractivity contribution in [2.45, 2.75) is 18.9 Å². The summed E-state index contributed by atoms with van der Waals surface area (Å²) in [6, 6.07) is 6.45. The van der Waals surface area contributed by atoms with Crippen molar-refractivity contribution >= 4 is 11.8 Å². The predicted octanol–water partition coefficient (Wildman–Crippen LogP) is 2.92. The van der Waals surface area contributed by atoms with Crippen molar-refractivity contribution in [1.82, 2.24) is 4.90 Å². The number of rotatable bonds is 2. The Kier molecular flexibility index (Phi) is 2.76. The van der Waals surface area contributed by atoms with Crippen molar-refractivity contribution in [3.8, 4) is 0 Å². The normalized spacial score (nSPS) is 23.3. The lowest BCUT2D eigenvalue weighted by Gasteiger charge is -2.40. The van der Waals surface area contributed by atoms with Gasteiger partial charge in [0.25, 0.3) is 0 Å². The molecule has 0 saturated carbocycles. The molecule has 2 nitrogen and oxygen atoms in total. The van der Waals surface area contributed by atoms with Crippen molar-refractivity contribution in [2.75, 3.05) is 26.5 Å². The Hall–Kier alpha value is -1.28. The van der Waals surface area contributed by atoms with E-state index in [1.54, 1.807) is 0 Å². The van der Waals surface area contributed by atoms with Crippen molar-refractivity contribution in [3.63, 3.8) is 0 Å². The topological polar surface area (TPSA) is 15.3 Å². The summed E-state index contributed by atoms with van der Waals surface area (Å²) < 4.78 is 0. The van der Waals surface area contributed by atoms with Gasteiger partial charge in [-0.3, -0.25) is 4.90 Å². The Labute approximate surface area is 98.0 Å². The van der Waals surface area contributed by atoms with E-state index in [4.69, 9.17) is 0 Å². The van der Waals surface area contributed by atoms with E-state index in [1.807, 2.05) is 7.05 Å². The molecule has 0 saturated heterocycles. The fourth-order valence-corrected chi connectivity index (χ4v) is 2.44. The molecule has 0 bridgehead atoms. The molecular formula is C14H20N2. The molecule has 16 heavy (non-hydrogen) atoms. The molecule has 2 heteroatoms. The van der Waals surface area contributed by atoms with E-state index < -0.39 is 0 Å². The molecule has 0 aliphatic heterocycles. The quantitative estimate of drug-likeness (QED) is 0.817. The minimum atomic E-state index is 0.0870. The van der Waals surface area contributed by atoms with Crippen LogP contribution in [-0.4, -0.2) is 26.0 Å². The zero-order valence-electron chi connectivity index (χ0n) is 10.5. The second-order valence-corrected chi connectivity index (χ2v) is 4.79. The molecule has 0 amide bonds. The molecule has 1 aliphatic rings. The van der Waals surface area contributed by atoms with Crippen LogP contribution in [0.3, 0.4) is 0 Å². The molecule has 0 fully saturated rings. The van der Waals surface area contributed by atoms with Crippen LogP contribution >= 0.6 is 0 Å². The third-order valence-corrected chi connectivity index (χ3v) is 3.70. The van der Waals surface area contributed by atoms with Gasteiger partial charge in [0.1, 0.15) is 0 Å². The van der Waals surface area contributed by atoms with E-state index in [0.29, 0.717) is 0 Å². The lowest BCUT2D eigenvalue weighted by atomic mass is 9.79. The molecule has 1 aromatic rings. The second kappa shape index (κ2) is 3.95. The van der Waals surface area contributed by atoms with Crippen LogP contribution in [0.2, 0.25) is 0 Å². The number of anilines is 1. The molecule has 1 aromatic carbocycles. The number of hydrogen-bond acceptors (Lipinski definition) is 2. The average molecular weight is 216 g/mol. The van der Waals surface area contributed by atoms with E-state index in [1.165, 1.54) is 16.8 Å². The zero-order valence-corrected chi connectivity index (χ0v) is 10.5. The standard InChI is InChI=1S/C14H20N2/c1-14(16(3)4)10-6-8-11-7-5-9-12(15-2)13(11)14/h5-9,15H,10H2,1-4H3. The molecule has 86 valence electrons. The lowest BCUT2D eigenvalue weighted by molar-refractivity contribution is 0.176. The molecule has 2 rings (SSSR count). The molecule has 0 heterocycles. The number of nitrogens with zero attached hydrogens (tertiary/aromatic N) is 1. The summed E-state index contributed by atoms with van der Waals surface area (Å²) in [6.07, 6.45) is 5.55. The zero-order chi connectivity index (χ0) is 11.8. The largest absolute Gasteiger partial charge is 0.388 e. The second-order valence-electron chi connectivity index (χ2n) is 4.79. The molecule has 1 aliphatic carbocycles. The predicted molar refractivity (Wildman–Crippen MR) is 70.7 cm³/mol. The summed E-state index contributed by atoms with van der Waals surface area (Å²) in [7, 11) is 6.29. The third kappa shape index (κ3) is 1.54. The maximum Gasteiger partial charge on any atom is 0.0487 e. The van der Waals surface area contributed by atoms with E-state index in [2.05, 4.69) is 61.6 Å². The Morgan fingerprint density at radius 1 is 1.31 bits per heavy atom. The van der Waals surface area contributed by atoms with Crippen LogP contribution in [0, 0.1) is 0 Å². The van der Waals surface area contributed by atoms with Crippen LogP contribution in [0.4, 0.5) is 5.69 Å². The minimum Gasteiger partial charge on any atom is -0.388 e. The molecule has 0 spiro atoms. The maximum absolute atomic E-state index is 3.30. The first-order valence-electron chi connectivity index (χ1n) is 5.75. The van der Waals surface area contributed by atoms with Gasteiger partial charge in [-0.05, 0) is 39.1 Å². The summed E-state index contributed by atoms with van der Waals surface area (Å²) in [5.74, 6) is 0. The van der Waals surface area contributed by atoms with Crippen LogP contribution < -0.4 is 5.32 Å². The minimum absolute atomic E-state index is 0.0870. The summed E-state index contributed by atoms with van der Waals surface area (Å²) in [5.41, 5.74) is 4.06. The number of fused-ring (bicyclic) bond motifs is 1. The molecule has 1 unspecified atom stereocenters. The molecular weight excluding hydrogens is 196 g/mol. The number of hydrogen-bond donors (Lipinski definition) is 1. The van der Waals surface area contributed by atoms with Crippen molar-refractivity contribution in [1.29, 1.82) is 0 Å². The fourth-order valence-electron chi connectivity index (χ4n) is 2.44. The molecule has 1 N–H and O–H groups in total. The van der Waals surface area contributed by atoms with Gasteiger partial charge in [-0.25, -0.2) is 0 Å². The number of benzene rings is 1. The highest BCUT2D eigenvalue weighted by atomic mass is 15.1. The van der Waals surface area contributed by atoms with Crippen LogP contribution in [0.15, 0.2) is 24.3 Å².